The number of esters is 2. The number of hydrogen-bond donors (Lipinski definition) is 0. The molecule has 0 bridgehead atoms. The number of methoxy groups -OCH3 is 2. The van der Waals surface area contributed by atoms with Gasteiger partial charge >= 0.3 is 11.9 Å². The molecule has 0 fully saturated rings. The maximum Gasteiger partial charge on any atom is 0.322 e. The summed E-state index contributed by atoms with van der Waals surface area (Å²) in [4.78, 5) is 24.3. The van der Waals surface area contributed by atoms with Gasteiger partial charge in [-0.1, -0.05) is 27.2 Å². The summed E-state index contributed by atoms with van der Waals surface area (Å²) in [5, 5.41) is 0. The van der Waals surface area contributed by atoms with Crippen LogP contribution in [0.3, 0.4) is 0 Å². The Labute approximate surface area is 133 Å². The monoisotopic (exact) mass is 318 g/mol. The molecule has 3 atom stereocenters. The minimum atomic E-state index is -0.911. The van der Waals surface area contributed by atoms with Crippen LogP contribution >= 0.6 is 0 Å². The van der Waals surface area contributed by atoms with Gasteiger partial charge in [0.1, 0.15) is 6.10 Å². The van der Waals surface area contributed by atoms with Gasteiger partial charge in [0.2, 0.25) is 6.29 Å². The fourth-order valence-electron chi connectivity index (χ4n) is 1.99. The van der Waals surface area contributed by atoms with Gasteiger partial charge in [-0.25, -0.2) is 0 Å². The molecule has 0 spiro atoms. The number of ether oxygens (including phenoxy) is 4. The second-order valence-electron chi connectivity index (χ2n) is 5.10. The average molecular weight is 318 g/mol. The van der Waals surface area contributed by atoms with Crippen LogP contribution < -0.4 is 0 Å². The van der Waals surface area contributed by atoms with Crippen molar-refractivity contribution in [3.05, 3.63) is 0 Å². The fraction of sp³-hybridized carbons (Fsp3) is 0.875. The normalized spacial score (nSPS) is 15.0. The first kappa shape index (κ1) is 20.9. The van der Waals surface area contributed by atoms with Crippen molar-refractivity contribution in [2.75, 3.05) is 20.8 Å². The lowest BCUT2D eigenvalue weighted by Gasteiger charge is -2.21. The zero-order valence-corrected chi connectivity index (χ0v) is 14.4. The molecule has 6 nitrogen and oxygen atoms in total. The molecule has 6 heteroatoms. The van der Waals surface area contributed by atoms with Crippen LogP contribution in [0.2, 0.25) is 0 Å². The largest absolute Gasteiger partial charge is 0.462 e. The molecule has 0 N–H and O–H groups in total. The first-order chi connectivity index (χ1) is 10.5. The molecule has 0 aromatic carbocycles. The van der Waals surface area contributed by atoms with E-state index in [1.807, 2.05) is 13.8 Å². The highest BCUT2D eigenvalue weighted by atomic mass is 16.7. The Bertz CT molecular complexity index is 318. The van der Waals surface area contributed by atoms with Gasteiger partial charge in [-0.15, -0.1) is 0 Å². The first-order valence-electron chi connectivity index (χ1n) is 7.96. The summed E-state index contributed by atoms with van der Waals surface area (Å²) in [6.07, 6.45) is 2.34. The maximum atomic E-state index is 12.2. The summed E-state index contributed by atoms with van der Waals surface area (Å²) in [6.45, 7) is 6.14. The third-order valence-corrected chi connectivity index (χ3v) is 3.39. The molecule has 3 unspecified atom stereocenters. The van der Waals surface area contributed by atoms with Gasteiger partial charge in [0, 0.05) is 20.6 Å². The summed E-state index contributed by atoms with van der Waals surface area (Å²) in [6, 6.07) is 0. The lowest BCUT2D eigenvalue weighted by Crippen LogP contribution is -2.33. The number of hydrogen-bond acceptors (Lipinski definition) is 6. The van der Waals surface area contributed by atoms with Gasteiger partial charge in [0.05, 0.1) is 6.61 Å². The predicted molar refractivity (Wildman–Crippen MR) is 82.2 cm³/mol. The van der Waals surface area contributed by atoms with E-state index in [0.717, 1.165) is 19.3 Å². The van der Waals surface area contributed by atoms with Crippen molar-refractivity contribution < 1.29 is 28.5 Å². The molecule has 0 radical (unpaired) electrons. The predicted octanol–water partition coefficient (Wildman–Crippen LogP) is 2.69. The molecule has 0 amide bonds. The quantitative estimate of drug-likeness (QED) is 0.313. The van der Waals surface area contributed by atoms with Crippen LogP contribution in [0, 0.1) is 5.92 Å². The smallest absolute Gasteiger partial charge is 0.322 e. The average Bonchev–Trinajstić information content (AvgIpc) is 2.51. The zero-order valence-electron chi connectivity index (χ0n) is 14.4. The standard InChI is InChI=1S/C16H30O6/c1-6-9-12(7-2)21-15(17)13(8-3)16(18)22-14(20-5)10-11-19-4/h12-14H,6-11H2,1-5H3. The Morgan fingerprint density at radius 3 is 2.00 bits per heavy atom. The summed E-state index contributed by atoms with van der Waals surface area (Å²) in [7, 11) is 3.00. The summed E-state index contributed by atoms with van der Waals surface area (Å²) in [5.41, 5.74) is 0. The van der Waals surface area contributed by atoms with Crippen LogP contribution in [0.15, 0.2) is 0 Å². The van der Waals surface area contributed by atoms with Crippen molar-refractivity contribution >= 4 is 11.9 Å². The minimum absolute atomic E-state index is 0.147. The van der Waals surface area contributed by atoms with E-state index in [0.29, 0.717) is 19.4 Å². The van der Waals surface area contributed by atoms with E-state index in [4.69, 9.17) is 18.9 Å². The van der Waals surface area contributed by atoms with Crippen molar-refractivity contribution in [2.24, 2.45) is 5.92 Å². The molecule has 0 heterocycles. The van der Waals surface area contributed by atoms with Gasteiger partial charge in [-0.2, -0.15) is 0 Å². The van der Waals surface area contributed by atoms with Crippen LogP contribution in [-0.4, -0.2) is 45.2 Å². The van der Waals surface area contributed by atoms with E-state index < -0.39 is 24.1 Å². The molecule has 22 heavy (non-hydrogen) atoms. The lowest BCUT2D eigenvalue weighted by molar-refractivity contribution is -0.186. The van der Waals surface area contributed by atoms with Gasteiger partial charge in [0.25, 0.3) is 0 Å². The van der Waals surface area contributed by atoms with E-state index in [1.54, 1.807) is 14.0 Å². The van der Waals surface area contributed by atoms with Crippen molar-refractivity contribution in [1.82, 2.24) is 0 Å². The molecule has 0 aliphatic carbocycles. The number of carbonyl (C=O) groups excluding carboxylic acids is 2. The Morgan fingerprint density at radius 1 is 0.909 bits per heavy atom. The molecule has 0 aliphatic heterocycles. The first-order valence-corrected chi connectivity index (χ1v) is 7.96. The third kappa shape index (κ3) is 7.75. The van der Waals surface area contributed by atoms with Gasteiger partial charge in [-0.05, 0) is 19.3 Å². The van der Waals surface area contributed by atoms with E-state index >= 15 is 0 Å². The Hall–Kier alpha value is -1.14. The van der Waals surface area contributed by atoms with E-state index in [2.05, 4.69) is 0 Å². The third-order valence-electron chi connectivity index (χ3n) is 3.39. The van der Waals surface area contributed by atoms with Crippen molar-refractivity contribution in [3.63, 3.8) is 0 Å². The van der Waals surface area contributed by atoms with E-state index in [1.165, 1.54) is 7.11 Å². The molecule has 130 valence electrons. The Kier molecular flexibility index (Phi) is 11.8. The molecule has 0 aliphatic rings. The van der Waals surface area contributed by atoms with Crippen molar-refractivity contribution in [3.8, 4) is 0 Å². The zero-order chi connectivity index (χ0) is 17.0. The molecule has 0 aromatic rings. The molecule has 0 aromatic heterocycles. The number of carbonyl (C=O) groups is 2. The van der Waals surface area contributed by atoms with Crippen LogP contribution in [-0.2, 0) is 28.5 Å². The topological polar surface area (TPSA) is 71.1 Å². The molecule has 0 saturated carbocycles. The van der Waals surface area contributed by atoms with Gasteiger partial charge in [-0.3, -0.25) is 9.59 Å². The SMILES string of the molecule is CCCC(CC)OC(=O)C(CC)C(=O)OC(CCOC)OC. The van der Waals surface area contributed by atoms with Gasteiger partial charge < -0.3 is 18.9 Å². The second-order valence-corrected chi connectivity index (χ2v) is 5.10. The summed E-state index contributed by atoms with van der Waals surface area (Å²) >= 11 is 0. The van der Waals surface area contributed by atoms with E-state index in [9.17, 15) is 9.59 Å². The Balaban J connectivity index is 4.58. The molecular formula is C16H30O6. The lowest BCUT2D eigenvalue weighted by atomic mass is 10.1. The molecule has 0 saturated heterocycles. The Morgan fingerprint density at radius 2 is 1.55 bits per heavy atom. The van der Waals surface area contributed by atoms with E-state index in [-0.39, 0.29) is 6.10 Å². The van der Waals surface area contributed by atoms with Crippen LogP contribution in [0.5, 0.6) is 0 Å². The summed E-state index contributed by atoms with van der Waals surface area (Å²) in [5.74, 6) is -2.04. The van der Waals surface area contributed by atoms with Gasteiger partial charge in [0.15, 0.2) is 5.92 Å². The van der Waals surface area contributed by atoms with Crippen LogP contribution in [0.25, 0.3) is 0 Å². The maximum absolute atomic E-state index is 12.2. The van der Waals surface area contributed by atoms with Crippen molar-refractivity contribution in [1.29, 1.82) is 0 Å². The minimum Gasteiger partial charge on any atom is -0.462 e. The molecular weight excluding hydrogens is 288 g/mol. The highest BCUT2D eigenvalue weighted by molar-refractivity contribution is 5.94. The number of rotatable bonds is 12. The second kappa shape index (κ2) is 12.4. The fourth-order valence-corrected chi connectivity index (χ4v) is 1.99. The van der Waals surface area contributed by atoms with Crippen molar-refractivity contribution in [2.45, 2.75) is 65.3 Å². The highest BCUT2D eigenvalue weighted by Gasteiger charge is 2.31. The molecule has 0 rings (SSSR count). The van der Waals surface area contributed by atoms with Crippen LogP contribution in [0.4, 0.5) is 0 Å². The highest BCUT2D eigenvalue weighted by Crippen LogP contribution is 2.15. The summed E-state index contributed by atoms with van der Waals surface area (Å²) < 4.78 is 20.6. The van der Waals surface area contributed by atoms with Crippen LogP contribution in [0.1, 0.15) is 52.9 Å².